The molecule has 168 valence electrons. The molecule has 0 aromatic heterocycles. The van der Waals surface area contributed by atoms with Crippen LogP contribution >= 0.6 is 24.0 Å². The highest BCUT2D eigenvalue weighted by atomic mass is 127. The first-order chi connectivity index (χ1) is 13.9. The second-order valence-corrected chi connectivity index (χ2v) is 8.26. The first kappa shape index (κ1) is 24.6. The molecule has 0 bridgehead atoms. The van der Waals surface area contributed by atoms with Gasteiger partial charge in [0.25, 0.3) is 0 Å². The monoisotopic (exact) mass is 530 g/mol. The maximum absolute atomic E-state index is 11.9. The van der Waals surface area contributed by atoms with E-state index in [0.29, 0.717) is 26.2 Å². The van der Waals surface area contributed by atoms with E-state index in [1.54, 1.807) is 0 Å². The quantitative estimate of drug-likeness (QED) is 0.336. The summed E-state index contributed by atoms with van der Waals surface area (Å²) < 4.78 is 11.4. The van der Waals surface area contributed by atoms with Crippen LogP contribution in [0.15, 0.2) is 23.2 Å². The van der Waals surface area contributed by atoms with E-state index < -0.39 is 0 Å². The van der Waals surface area contributed by atoms with Crippen molar-refractivity contribution in [2.75, 3.05) is 39.4 Å². The SMILES string of the molecule is CCNC(=NCC(C)(C)c1ccc2c(c1)OCCO2)NC1CCN(C(=O)CC)C1.I. The van der Waals surface area contributed by atoms with Gasteiger partial charge in [0.05, 0.1) is 6.54 Å². The molecule has 8 heteroatoms. The molecule has 1 aromatic carbocycles. The van der Waals surface area contributed by atoms with Gasteiger partial charge >= 0.3 is 0 Å². The van der Waals surface area contributed by atoms with Gasteiger partial charge in [0.1, 0.15) is 13.2 Å². The van der Waals surface area contributed by atoms with Gasteiger partial charge in [0.2, 0.25) is 5.91 Å². The van der Waals surface area contributed by atoms with Crippen LogP contribution in [-0.4, -0.2) is 62.2 Å². The molecule has 1 unspecified atom stereocenters. The lowest BCUT2D eigenvalue weighted by atomic mass is 9.84. The summed E-state index contributed by atoms with van der Waals surface area (Å²) in [5.41, 5.74) is 1.01. The average Bonchev–Trinajstić information content (AvgIpc) is 3.20. The summed E-state index contributed by atoms with van der Waals surface area (Å²) in [6, 6.07) is 6.38. The van der Waals surface area contributed by atoms with Gasteiger partial charge in [-0.15, -0.1) is 24.0 Å². The molecule has 1 atom stereocenters. The lowest BCUT2D eigenvalue weighted by Crippen LogP contribution is -2.45. The summed E-state index contributed by atoms with van der Waals surface area (Å²) in [5, 5.41) is 6.83. The Morgan fingerprint density at radius 3 is 2.67 bits per heavy atom. The zero-order chi connectivity index (χ0) is 20.9. The van der Waals surface area contributed by atoms with Crippen molar-refractivity contribution >= 4 is 35.8 Å². The average molecular weight is 530 g/mol. The van der Waals surface area contributed by atoms with E-state index in [2.05, 4.69) is 43.5 Å². The third-order valence-electron chi connectivity index (χ3n) is 5.48. The number of carbonyl (C=O) groups excluding carboxylic acids is 1. The van der Waals surface area contributed by atoms with Crippen molar-refractivity contribution in [1.82, 2.24) is 15.5 Å². The predicted octanol–water partition coefficient (Wildman–Crippen LogP) is 2.92. The molecule has 3 rings (SSSR count). The molecule has 7 nitrogen and oxygen atoms in total. The third kappa shape index (κ3) is 6.15. The van der Waals surface area contributed by atoms with Crippen LogP contribution in [0.2, 0.25) is 0 Å². The number of amides is 1. The molecule has 1 fully saturated rings. The Labute approximate surface area is 197 Å². The van der Waals surface area contributed by atoms with E-state index in [-0.39, 0.29) is 41.3 Å². The molecule has 1 aromatic rings. The second kappa shape index (κ2) is 11.1. The van der Waals surface area contributed by atoms with Crippen molar-refractivity contribution in [3.8, 4) is 11.5 Å². The lowest BCUT2D eigenvalue weighted by molar-refractivity contribution is -0.129. The molecule has 0 spiro atoms. The number of ether oxygens (including phenoxy) is 2. The predicted molar refractivity (Wildman–Crippen MR) is 130 cm³/mol. The molecular formula is C22H35IN4O3. The topological polar surface area (TPSA) is 75.2 Å². The van der Waals surface area contributed by atoms with E-state index in [0.717, 1.165) is 43.5 Å². The zero-order valence-corrected chi connectivity index (χ0v) is 20.8. The van der Waals surface area contributed by atoms with Gasteiger partial charge in [-0.05, 0) is 31.0 Å². The van der Waals surface area contributed by atoms with Gasteiger partial charge < -0.3 is 25.0 Å². The van der Waals surface area contributed by atoms with Gasteiger partial charge in [0.15, 0.2) is 17.5 Å². The Morgan fingerprint density at radius 1 is 1.23 bits per heavy atom. The number of hydrogen-bond acceptors (Lipinski definition) is 4. The van der Waals surface area contributed by atoms with Crippen LogP contribution in [0, 0.1) is 0 Å². The van der Waals surface area contributed by atoms with Crippen molar-refractivity contribution in [2.45, 2.75) is 52.0 Å². The van der Waals surface area contributed by atoms with Gasteiger partial charge in [-0.1, -0.05) is 26.8 Å². The van der Waals surface area contributed by atoms with Crippen molar-refractivity contribution in [3.63, 3.8) is 0 Å². The molecule has 2 N–H and O–H groups in total. The Kier molecular flexibility index (Phi) is 9.06. The Hall–Kier alpha value is -1.71. The molecule has 1 amide bonds. The number of nitrogens with one attached hydrogen (secondary N) is 2. The minimum absolute atomic E-state index is 0. The molecular weight excluding hydrogens is 495 g/mol. The number of benzene rings is 1. The number of aliphatic imine (C=N–C) groups is 1. The van der Waals surface area contributed by atoms with Crippen LogP contribution < -0.4 is 20.1 Å². The summed E-state index contributed by atoms with van der Waals surface area (Å²) in [5.74, 6) is 2.63. The molecule has 2 aliphatic heterocycles. The zero-order valence-electron chi connectivity index (χ0n) is 18.5. The first-order valence-corrected chi connectivity index (χ1v) is 10.7. The highest BCUT2D eigenvalue weighted by Crippen LogP contribution is 2.35. The Balaban J connectivity index is 0.00000320. The van der Waals surface area contributed by atoms with E-state index in [4.69, 9.17) is 14.5 Å². The smallest absolute Gasteiger partial charge is 0.222 e. The fourth-order valence-corrected chi connectivity index (χ4v) is 3.67. The van der Waals surface area contributed by atoms with Crippen LogP contribution in [0.3, 0.4) is 0 Å². The normalized spacial score (nSPS) is 18.6. The highest BCUT2D eigenvalue weighted by Gasteiger charge is 2.27. The standard InChI is InChI=1S/C22H34N4O3.HI/c1-5-20(27)26-10-9-17(14-26)25-21(23-6-2)24-15-22(3,4)16-7-8-18-19(13-16)29-12-11-28-18;/h7-8,13,17H,5-6,9-12,14-15H2,1-4H3,(H2,23,24,25);1H. The van der Waals surface area contributed by atoms with Crippen molar-refractivity contribution in [2.24, 2.45) is 4.99 Å². The van der Waals surface area contributed by atoms with Gasteiger partial charge in [-0.25, -0.2) is 0 Å². The van der Waals surface area contributed by atoms with E-state index in [9.17, 15) is 4.79 Å². The summed E-state index contributed by atoms with van der Waals surface area (Å²) in [6.45, 7) is 12.5. The lowest BCUT2D eigenvalue weighted by Gasteiger charge is -2.27. The summed E-state index contributed by atoms with van der Waals surface area (Å²) >= 11 is 0. The molecule has 0 saturated carbocycles. The number of hydrogen-bond donors (Lipinski definition) is 2. The molecule has 1 saturated heterocycles. The molecule has 0 radical (unpaired) electrons. The molecule has 2 aliphatic rings. The first-order valence-electron chi connectivity index (χ1n) is 10.7. The number of halogens is 1. The fourth-order valence-electron chi connectivity index (χ4n) is 3.67. The maximum atomic E-state index is 11.9. The molecule has 30 heavy (non-hydrogen) atoms. The van der Waals surface area contributed by atoms with Crippen LogP contribution in [0.5, 0.6) is 11.5 Å². The van der Waals surface area contributed by atoms with Gasteiger partial charge in [-0.2, -0.15) is 0 Å². The van der Waals surface area contributed by atoms with Crippen LogP contribution in [0.4, 0.5) is 0 Å². The van der Waals surface area contributed by atoms with E-state index in [1.807, 2.05) is 17.9 Å². The summed E-state index contributed by atoms with van der Waals surface area (Å²) in [7, 11) is 0. The largest absolute Gasteiger partial charge is 0.486 e. The Morgan fingerprint density at radius 2 is 1.97 bits per heavy atom. The fraction of sp³-hybridized carbons (Fsp3) is 0.636. The number of guanidine groups is 1. The van der Waals surface area contributed by atoms with Gasteiger partial charge in [-0.3, -0.25) is 9.79 Å². The van der Waals surface area contributed by atoms with Crippen LogP contribution in [0.25, 0.3) is 0 Å². The second-order valence-electron chi connectivity index (χ2n) is 8.26. The number of rotatable bonds is 6. The minimum atomic E-state index is -0.155. The number of fused-ring (bicyclic) bond motifs is 1. The third-order valence-corrected chi connectivity index (χ3v) is 5.48. The maximum Gasteiger partial charge on any atom is 0.222 e. The van der Waals surface area contributed by atoms with E-state index >= 15 is 0 Å². The van der Waals surface area contributed by atoms with Crippen molar-refractivity contribution < 1.29 is 14.3 Å². The number of nitrogens with zero attached hydrogens (tertiary/aromatic N) is 2. The van der Waals surface area contributed by atoms with Crippen molar-refractivity contribution in [3.05, 3.63) is 23.8 Å². The van der Waals surface area contributed by atoms with E-state index in [1.165, 1.54) is 5.56 Å². The molecule has 2 heterocycles. The van der Waals surface area contributed by atoms with Crippen LogP contribution in [-0.2, 0) is 10.2 Å². The summed E-state index contributed by atoms with van der Waals surface area (Å²) in [4.78, 5) is 18.7. The molecule has 0 aliphatic carbocycles. The van der Waals surface area contributed by atoms with Gasteiger partial charge in [0, 0.05) is 37.5 Å². The minimum Gasteiger partial charge on any atom is -0.486 e. The highest BCUT2D eigenvalue weighted by molar-refractivity contribution is 14.0. The van der Waals surface area contributed by atoms with Crippen LogP contribution in [0.1, 0.15) is 46.1 Å². The number of likely N-dealkylation sites (tertiary alicyclic amines) is 1. The van der Waals surface area contributed by atoms with Crippen molar-refractivity contribution in [1.29, 1.82) is 0 Å². The summed E-state index contributed by atoms with van der Waals surface area (Å²) in [6.07, 6.45) is 1.51. The Bertz CT molecular complexity index is 754. The number of carbonyl (C=O) groups is 1.